The number of aromatic nitrogens is 1. The molecule has 0 unspecified atom stereocenters. The monoisotopic (exact) mass is 353 g/mol. The largest absolute Gasteiger partial charge is 0.484 e. The van der Waals surface area contributed by atoms with E-state index >= 15 is 0 Å². The summed E-state index contributed by atoms with van der Waals surface area (Å²) in [5.41, 5.74) is 0. The van der Waals surface area contributed by atoms with Crippen LogP contribution in [0, 0.1) is 27.1 Å². The van der Waals surface area contributed by atoms with E-state index in [0.29, 0.717) is 0 Å². The summed E-state index contributed by atoms with van der Waals surface area (Å²) < 4.78 is 0. The normalized spacial score (nSPS) is 8.19. The van der Waals surface area contributed by atoms with Gasteiger partial charge in [0.1, 0.15) is 0 Å². The van der Waals surface area contributed by atoms with Crippen molar-refractivity contribution in [1.82, 2.24) is 4.98 Å². The van der Waals surface area contributed by atoms with E-state index in [1.165, 1.54) is 0 Å². The van der Waals surface area contributed by atoms with Crippen LogP contribution in [0.5, 0.6) is 0 Å². The van der Waals surface area contributed by atoms with E-state index in [-0.39, 0.29) is 39.7 Å². The number of rotatable bonds is 0. The number of halogens is 2. The molecule has 94 valence electrons. The summed E-state index contributed by atoms with van der Waals surface area (Å²) in [6.07, 6.45) is 14.6. The van der Waals surface area contributed by atoms with E-state index in [2.05, 4.69) is 23.3 Å². The molecule has 0 aromatic carbocycles. The van der Waals surface area contributed by atoms with Gasteiger partial charge in [-0.2, -0.15) is 24.4 Å². The Labute approximate surface area is 129 Å². The first kappa shape index (κ1) is 29.9. The second-order valence-corrected chi connectivity index (χ2v) is 1.82. The summed E-state index contributed by atoms with van der Waals surface area (Å²) in [6, 6.07) is 3.71. The van der Waals surface area contributed by atoms with Gasteiger partial charge in [0, 0.05) is 0 Å². The van der Waals surface area contributed by atoms with Crippen LogP contribution in [0.2, 0.25) is 0 Å². The van der Waals surface area contributed by atoms with Gasteiger partial charge in [0.25, 0.3) is 0 Å². The molecule has 0 atom stereocenters. The molecule has 0 spiro atoms. The van der Waals surface area contributed by atoms with Crippen molar-refractivity contribution in [2.75, 3.05) is 0 Å². The van der Waals surface area contributed by atoms with Gasteiger partial charge in [-0.05, 0) is 0 Å². The van der Waals surface area contributed by atoms with Gasteiger partial charge in [0.05, 0.1) is 0 Å². The number of aromatic amines is 1. The summed E-state index contributed by atoms with van der Waals surface area (Å²) >= 11 is 1.58. The van der Waals surface area contributed by atoms with Gasteiger partial charge < -0.3 is 19.8 Å². The molecule has 0 amide bonds. The molecule has 2 rings (SSSR count). The maximum Gasteiger partial charge on any atom is -0.108 e. The zero-order chi connectivity index (χ0) is 9.07. The number of H-pyrrole nitrogens is 1. The third-order valence-corrected chi connectivity index (χ3v) is 1.03. The number of allylic oxidation sites excluding steroid dienone is 4. The Morgan fingerprint density at radius 3 is 1.94 bits per heavy atom. The molecule has 1 aliphatic rings. The summed E-state index contributed by atoms with van der Waals surface area (Å²) in [5, 5.41) is 0. The molecule has 0 aliphatic heterocycles. The fraction of sp³-hybridized carbons (Fsp3) is 0.0909. The van der Waals surface area contributed by atoms with Crippen molar-refractivity contribution >= 4 is 31.7 Å². The molecule has 0 saturated heterocycles. The molecule has 1 aromatic rings. The standard InChI is InChI=1S/C5H5.C4H4N.2CH3.2ClH.H2Si.Zr/c2*1-2-4-5-3-1;;;;;;/h1-3H,4H2;1-3,5H;2*1H3;2*1H;1H2;/q4*-1;;;;. The molecular weight excluding hydrogens is 336 g/mol. The van der Waals surface area contributed by atoms with Crippen molar-refractivity contribution in [3.8, 4) is 0 Å². The third-order valence-electron chi connectivity index (χ3n) is 1.03. The van der Waals surface area contributed by atoms with Gasteiger partial charge in [-0.25, -0.2) is 12.2 Å². The minimum absolute atomic E-state index is 0. The van der Waals surface area contributed by atoms with Gasteiger partial charge >= 0.3 is 30.2 Å². The first-order valence-corrected chi connectivity index (χ1v) is 9.49. The van der Waals surface area contributed by atoms with Crippen molar-refractivity contribution in [2.45, 2.75) is 6.42 Å². The van der Waals surface area contributed by atoms with Gasteiger partial charge in [0.15, 0.2) is 0 Å². The molecule has 0 bridgehead atoms. The van der Waals surface area contributed by atoms with Crippen LogP contribution in [-0.4, -0.2) is 11.9 Å². The summed E-state index contributed by atoms with van der Waals surface area (Å²) in [6.45, 7) is 1.95. The predicted octanol–water partition coefficient (Wildman–Crippen LogP) is 2.95. The van der Waals surface area contributed by atoms with Crippen LogP contribution in [-0.2, 0) is 23.3 Å². The predicted molar refractivity (Wildman–Crippen MR) is 77.1 cm³/mol. The first-order valence-electron chi connectivity index (χ1n) is 3.56. The van der Waals surface area contributed by atoms with E-state index < -0.39 is 0 Å². The fourth-order valence-corrected chi connectivity index (χ4v) is 0.581. The van der Waals surface area contributed by atoms with Crippen LogP contribution in [0.1, 0.15) is 6.42 Å². The summed E-state index contributed by atoms with van der Waals surface area (Å²) in [5.74, 6) is 0. The van der Waals surface area contributed by atoms with Crippen LogP contribution < -0.4 is 0 Å². The van der Waals surface area contributed by atoms with Gasteiger partial charge in [0.2, 0.25) is 0 Å². The smallest absolute Gasteiger partial charge is 0.108 e. The summed E-state index contributed by atoms with van der Waals surface area (Å²) in [7, 11) is 0. The van der Waals surface area contributed by atoms with Crippen LogP contribution >= 0.6 is 24.8 Å². The molecule has 1 heterocycles. The third kappa shape index (κ3) is 23.9. The minimum Gasteiger partial charge on any atom is -0.484 e. The maximum atomic E-state index is 2.99. The topological polar surface area (TPSA) is 15.8 Å². The van der Waals surface area contributed by atoms with E-state index in [1.54, 1.807) is 23.3 Å². The zero-order valence-electron chi connectivity index (χ0n) is 9.69. The van der Waals surface area contributed by atoms with Gasteiger partial charge in [-0.1, -0.05) is 0 Å². The van der Waals surface area contributed by atoms with Gasteiger partial charge in [-0.3, -0.25) is 6.08 Å². The second kappa shape index (κ2) is 29.5. The van der Waals surface area contributed by atoms with E-state index in [0.717, 1.165) is 6.42 Å². The Bertz CT molecular complexity index is 199. The Morgan fingerprint density at radius 1 is 1.19 bits per heavy atom. The van der Waals surface area contributed by atoms with Crippen molar-refractivity contribution < 1.29 is 23.3 Å². The van der Waals surface area contributed by atoms with E-state index in [9.17, 15) is 0 Å². The maximum absolute atomic E-state index is 2.99. The average molecular weight is 355 g/mol. The molecule has 1 nitrogen and oxygen atoms in total. The molecule has 1 aliphatic carbocycles. The van der Waals surface area contributed by atoms with E-state index in [1.807, 2.05) is 37.4 Å². The zero-order valence-corrected chi connectivity index (χ0v) is 15.2. The molecule has 0 radical (unpaired) electrons. The van der Waals surface area contributed by atoms with Crippen LogP contribution in [0.4, 0.5) is 0 Å². The van der Waals surface area contributed by atoms with Crippen LogP contribution in [0.15, 0.2) is 36.6 Å². The molecule has 0 fully saturated rings. The first-order chi connectivity index (χ1) is 6.00. The molecule has 1 N–H and O–H groups in total. The van der Waals surface area contributed by atoms with Crippen molar-refractivity contribution in [3.05, 3.63) is 63.7 Å². The quantitative estimate of drug-likeness (QED) is 0.544. The molecule has 16 heavy (non-hydrogen) atoms. The SMILES string of the molecule is Cl.Cl.[C-]1=CC=CC1.[CH3-].[CH3-].[SiH2]=[Zr].[c-]1ccc[nH]1. The van der Waals surface area contributed by atoms with Crippen molar-refractivity contribution in [1.29, 1.82) is 0 Å². The Balaban J connectivity index is -0.0000000360. The molecule has 0 saturated carbocycles. The summed E-state index contributed by atoms with van der Waals surface area (Å²) in [4.78, 5) is 2.74. The van der Waals surface area contributed by atoms with Gasteiger partial charge in [-0.15, -0.1) is 37.4 Å². The number of hydrogen-bond donors (Lipinski definition) is 1. The number of nitrogens with one attached hydrogen (secondary N) is 1. The van der Waals surface area contributed by atoms with Crippen molar-refractivity contribution in [2.24, 2.45) is 0 Å². The minimum atomic E-state index is 0. The average Bonchev–Trinajstić information content (AvgIpc) is 2.87. The second-order valence-electron chi connectivity index (χ2n) is 1.82. The Kier molecular flexibility index (Phi) is 55.3. The molecular formula is C11H19Cl2NSiZr-4. The Morgan fingerprint density at radius 2 is 1.81 bits per heavy atom. The fourth-order valence-electron chi connectivity index (χ4n) is 0.581. The van der Waals surface area contributed by atoms with Crippen LogP contribution in [0.25, 0.3) is 0 Å². The van der Waals surface area contributed by atoms with Crippen molar-refractivity contribution in [3.63, 3.8) is 0 Å². The molecule has 1 aromatic heterocycles. The van der Waals surface area contributed by atoms with Crippen LogP contribution in [0.3, 0.4) is 0 Å². The Hall–Kier alpha value is 0.440. The number of hydrogen-bond acceptors (Lipinski definition) is 0. The van der Waals surface area contributed by atoms with E-state index in [4.69, 9.17) is 0 Å². The molecule has 5 heteroatoms.